The molecule has 0 radical (unpaired) electrons. The highest BCUT2D eigenvalue weighted by Crippen LogP contribution is 2.27. The quantitative estimate of drug-likeness (QED) is 0.755. The molecule has 0 amide bonds. The van der Waals surface area contributed by atoms with Crippen molar-refractivity contribution in [3.8, 4) is 0 Å². The molecule has 5 heteroatoms. The molecule has 0 saturated carbocycles. The van der Waals surface area contributed by atoms with Crippen LogP contribution in [-0.2, 0) is 0 Å². The maximum absolute atomic E-state index is 5.88. The largest absolute Gasteiger partial charge is 0.316 e. The topological polar surface area (TPSA) is 37.8 Å². The Bertz CT molecular complexity index is 257. The molecule has 66 valence electrons. The first-order chi connectivity index (χ1) is 5.88. The van der Waals surface area contributed by atoms with Crippen molar-refractivity contribution in [2.24, 2.45) is 0 Å². The van der Waals surface area contributed by atoms with Crippen LogP contribution in [0, 0.1) is 0 Å². The van der Waals surface area contributed by atoms with E-state index >= 15 is 0 Å². The van der Waals surface area contributed by atoms with Crippen LogP contribution in [0.2, 0.25) is 5.15 Å². The monoisotopic (exact) mass is 203 g/mol. The van der Waals surface area contributed by atoms with Crippen molar-refractivity contribution in [2.45, 2.75) is 18.8 Å². The molecule has 1 atom stereocenters. The molecule has 1 aromatic rings. The smallest absolute Gasteiger partial charge is 0.166 e. The van der Waals surface area contributed by atoms with E-state index in [0.717, 1.165) is 18.8 Å². The van der Waals surface area contributed by atoms with Gasteiger partial charge in [0.1, 0.15) is 0 Å². The molecule has 0 aliphatic carbocycles. The van der Waals surface area contributed by atoms with Gasteiger partial charge in [-0.2, -0.15) is 8.75 Å². The highest BCUT2D eigenvalue weighted by Gasteiger charge is 2.20. The number of aromatic nitrogens is 2. The SMILES string of the molecule is Clc1nsnc1C1CCCNC1. The Morgan fingerprint density at radius 2 is 2.42 bits per heavy atom. The third-order valence-electron chi connectivity index (χ3n) is 2.16. The predicted octanol–water partition coefficient (Wildman–Crippen LogP) is 1.66. The average Bonchev–Trinajstić information content (AvgIpc) is 2.53. The van der Waals surface area contributed by atoms with Gasteiger partial charge >= 0.3 is 0 Å². The summed E-state index contributed by atoms with van der Waals surface area (Å²) in [7, 11) is 0. The summed E-state index contributed by atoms with van der Waals surface area (Å²) in [5.74, 6) is 0.477. The second-order valence-corrected chi connectivity index (χ2v) is 3.87. The van der Waals surface area contributed by atoms with E-state index in [0.29, 0.717) is 11.1 Å². The van der Waals surface area contributed by atoms with Crippen LogP contribution >= 0.6 is 23.3 Å². The summed E-state index contributed by atoms with van der Waals surface area (Å²) in [5, 5.41) is 3.92. The number of piperidine rings is 1. The van der Waals surface area contributed by atoms with Gasteiger partial charge < -0.3 is 5.32 Å². The molecule has 0 aromatic carbocycles. The summed E-state index contributed by atoms with van der Waals surface area (Å²) in [6.07, 6.45) is 2.39. The van der Waals surface area contributed by atoms with E-state index in [1.807, 2.05) is 0 Å². The van der Waals surface area contributed by atoms with Gasteiger partial charge in [0.25, 0.3) is 0 Å². The molecule has 0 spiro atoms. The number of rotatable bonds is 1. The molecule has 1 N–H and O–H groups in total. The van der Waals surface area contributed by atoms with Crippen molar-refractivity contribution in [1.82, 2.24) is 14.1 Å². The zero-order valence-corrected chi connectivity index (χ0v) is 8.16. The molecule has 0 bridgehead atoms. The Morgan fingerprint density at radius 3 is 3.00 bits per heavy atom. The second kappa shape index (κ2) is 3.68. The molecular weight excluding hydrogens is 194 g/mol. The van der Waals surface area contributed by atoms with Gasteiger partial charge in [-0.05, 0) is 19.4 Å². The number of nitrogens with one attached hydrogen (secondary N) is 1. The Morgan fingerprint density at radius 1 is 1.50 bits per heavy atom. The van der Waals surface area contributed by atoms with Gasteiger partial charge in [0, 0.05) is 12.5 Å². The van der Waals surface area contributed by atoms with Crippen LogP contribution in [0.5, 0.6) is 0 Å². The molecule has 12 heavy (non-hydrogen) atoms. The Labute approximate surface area is 80.5 Å². The molecule has 1 aliphatic rings. The van der Waals surface area contributed by atoms with Crippen LogP contribution in [0.15, 0.2) is 0 Å². The van der Waals surface area contributed by atoms with Gasteiger partial charge in [-0.3, -0.25) is 0 Å². The lowest BCUT2D eigenvalue weighted by Crippen LogP contribution is -2.28. The molecule has 1 aromatic heterocycles. The molecule has 1 unspecified atom stereocenters. The molecule has 1 saturated heterocycles. The van der Waals surface area contributed by atoms with Crippen molar-refractivity contribution in [3.63, 3.8) is 0 Å². The molecule has 1 aliphatic heterocycles. The van der Waals surface area contributed by atoms with Crippen LogP contribution in [0.4, 0.5) is 0 Å². The second-order valence-electron chi connectivity index (χ2n) is 2.98. The fourth-order valence-electron chi connectivity index (χ4n) is 1.51. The minimum Gasteiger partial charge on any atom is -0.316 e. The van der Waals surface area contributed by atoms with Crippen LogP contribution in [-0.4, -0.2) is 21.8 Å². The first-order valence-corrected chi connectivity index (χ1v) is 5.17. The molecule has 2 heterocycles. The normalized spacial score (nSPS) is 24.2. The summed E-state index contributed by atoms with van der Waals surface area (Å²) in [4.78, 5) is 0. The zero-order valence-electron chi connectivity index (χ0n) is 6.59. The third-order valence-corrected chi connectivity index (χ3v) is 3.08. The van der Waals surface area contributed by atoms with Crippen molar-refractivity contribution >= 4 is 23.3 Å². The zero-order chi connectivity index (χ0) is 8.39. The van der Waals surface area contributed by atoms with Crippen LogP contribution in [0.3, 0.4) is 0 Å². The Hall–Kier alpha value is -0.190. The fraction of sp³-hybridized carbons (Fsp3) is 0.714. The highest BCUT2D eigenvalue weighted by molar-refractivity contribution is 6.99. The Balaban J connectivity index is 2.13. The Kier molecular flexibility index (Phi) is 2.58. The highest BCUT2D eigenvalue weighted by atomic mass is 35.5. The van der Waals surface area contributed by atoms with Gasteiger partial charge in [0.2, 0.25) is 0 Å². The molecule has 1 fully saturated rings. The van der Waals surface area contributed by atoms with E-state index < -0.39 is 0 Å². The van der Waals surface area contributed by atoms with E-state index in [-0.39, 0.29) is 0 Å². The summed E-state index contributed by atoms with van der Waals surface area (Å²) in [6.45, 7) is 2.11. The van der Waals surface area contributed by atoms with Crippen LogP contribution in [0.1, 0.15) is 24.5 Å². The van der Waals surface area contributed by atoms with Crippen LogP contribution < -0.4 is 5.32 Å². The summed E-state index contributed by atoms with van der Waals surface area (Å²) >= 11 is 7.08. The van der Waals surface area contributed by atoms with E-state index in [2.05, 4.69) is 14.1 Å². The first kappa shape index (κ1) is 8.41. The number of hydrogen-bond acceptors (Lipinski definition) is 4. The lowest BCUT2D eigenvalue weighted by molar-refractivity contribution is 0.456. The average molecular weight is 204 g/mol. The van der Waals surface area contributed by atoms with E-state index in [4.69, 9.17) is 11.6 Å². The van der Waals surface area contributed by atoms with Gasteiger partial charge in [0.05, 0.1) is 17.4 Å². The standard InChI is InChI=1S/C7H10ClN3S/c8-7-6(10-12-11-7)5-2-1-3-9-4-5/h5,9H,1-4H2. The molecular formula is C7H10ClN3S. The first-order valence-electron chi connectivity index (χ1n) is 4.06. The van der Waals surface area contributed by atoms with Crippen molar-refractivity contribution < 1.29 is 0 Å². The fourth-order valence-corrected chi connectivity index (χ4v) is 2.38. The van der Waals surface area contributed by atoms with Gasteiger partial charge in [-0.15, -0.1) is 0 Å². The lowest BCUT2D eigenvalue weighted by atomic mass is 9.97. The lowest BCUT2D eigenvalue weighted by Gasteiger charge is -2.20. The number of halogens is 1. The van der Waals surface area contributed by atoms with E-state index in [1.165, 1.54) is 24.6 Å². The number of hydrogen-bond donors (Lipinski definition) is 1. The minimum atomic E-state index is 0.477. The van der Waals surface area contributed by atoms with E-state index in [9.17, 15) is 0 Å². The van der Waals surface area contributed by atoms with Gasteiger partial charge in [0.15, 0.2) is 5.15 Å². The van der Waals surface area contributed by atoms with Crippen molar-refractivity contribution in [2.75, 3.05) is 13.1 Å². The molecule has 2 rings (SSSR count). The van der Waals surface area contributed by atoms with Gasteiger partial charge in [-0.1, -0.05) is 11.6 Å². The van der Waals surface area contributed by atoms with Crippen molar-refractivity contribution in [1.29, 1.82) is 0 Å². The summed E-state index contributed by atoms with van der Waals surface area (Å²) < 4.78 is 8.16. The van der Waals surface area contributed by atoms with Crippen LogP contribution in [0.25, 0.3) is 0 Å². The maximum Gasteiger partial charge on any atom is 0.166 e. The van der Waals surface area contributed by atoms with Crippen molar-refractivity contribution in [3.05, 3.63) is 10.8 Å². The summed E-state index contributed by atoms with van der Waals surface area (Å²) in [6, 6.07) is 0. The predicted molar refractivity (Wildman–Crippen MR) is 49.8 cm³/mol. The third kappa shape index (κ3) is 1.60. The maximum atomic E-state index is 5.88. The van der Waals surface area contributed by atoms with E-state index in [1.54, 1.807) is 0 Å². The minimum absolute atomic E-state index is 0.477. The van der Waals surface area contributed by atoms with Gasteiger partial charge in [-0.25, -0.2) is 0 Å². The molecule has 3 nitrogen and oxygen atoms in total. The summed E-state index contributed by atoms with van der Waals surface area (Å²) in [5.41, 5.74) is 0.980. The number of nitrogens with zero attached hydrogens (tertiary/aromatic N) is 2.